The minimum Gasteiger partial charge on any atom is -0.299 e. The van der Waals surface area contributed by atoms with Crippen molar-refractivity contribution in [2.45, 2.75) is 6.92 Å². The van der Waals surface area contributed by atoms with Gasteiger partial charge in [0.05, 0.1) is 11.1 Å². The quantitative estimate of drug-likeness (QED) is 0.530. The Labute approximate surface area is 137 Å². The molecule has 0 spiro atoms. The summed E-state index contributed by atoms with van der Waals surface area (Å²) in [6.07, 6.45) is 2.12. The van der Waals surface area contributed by atoms with Gasteiger partial charge in [-0.25, -0.2) is 4.98 Å². The monoisotopic (exact) mass is 316 g/mol. The minimum absolute atomic E-state index is 0.629. The van der Waals surface area contributed by atoms with Crippen LogP contribution in [0.3, 0.4) is 0 Å². The summed E-state index contributed by atoms with van der Waals surface area (Å²) in [6.45, 7) is 2.11. The van der Waals surface area contributed by atoms with Crippen molar-refractivity contribution in [2.24, 2.45) is 0 Å². The van der Waals surface area contributed by atoms with Gasteiger partial charge in [-0.15, -0.1) is 0 Å². The van der Waals surface area contributed by atoms with Gasteiger partial charge in [-0.3, -0.25) is 4.40 Å². The molecule has 0 amide bonds. The molecule has 0 aliphatic rings. The predicted molar refractivity (Wildman–Crippen MR) is 98.6 cm³/mol. The zero-order valence-electron chi connectivity index (χ0n) is 12.9. The average molecular weight is 316 g/mol. The van der Waals surface area contributed by atoms with E-state index in [4.69, 9.17) is 4.98 Å². The van der Waals surface area contributed by atoms with Crippen molar-refractivity contribution >= 4 is 29.6 Å². The maximum absolute atomic E-state index is 4.76. The van der Waals surface area contributed by atoms with Crippen molar-refractivity contribution in [2.75, 3.05) is 0 Å². The van der Waals surface area contributed by atoms with Gasteiger partial charge in [-0.1, -0.05) is 66.7 Å². The lowest BCUT2D eigenvalue weighted by atomic mass is 10.4. The Morgan fingerprint density at radius 2 is 1.30 bits per heavy atom. The van der Waals surface area contributed by atoms with E-state index in [1.54, 1.807) is 0 Å². The van der Waals surface area contributed by atoms with Crippen LogP contribution in [0.2, 0.25) is 0 Å². The van der Waals surface area contributed by atoms with Crippen molar-refractivity contribution in [1.29, 1.82) is 0 Å². The van der Waals surface area contributed by atoms with E-state index in [1.807, 2.05) is 6.07 Å². The molecule has 4 aromatic rings. The molecule has 0 fully saturated rings. The summed E-state index contributed by atoms with van der Waals surface area (Å²) in [5.74, 6) is 0. The number of rotatable bonds is 3. The van der Waals surface area contributed by atoms with E-state index in [0.29, 0.717) is 0 Å². The lowest BCUT2D eigenvalue weighted by Gasteiger charge is -2.19. The maximum Gasteiger partial charge on any atom is 0.137 e. The smallest absolute Gasteiger partial charge is 0.137 e. The Morgan fingerprint density at radius 3 is 1.91 bits per heavy atom. The van der Waals surface area contributed by atoms with Gasteiger partial charge in [0, 0.05) is 14.1 Å². The van der Waals surface area contributed by atoms with Gasteiger partial charge in [0.1, 0.15) is 5.65 Å². The maximum atomic E-state index is 4.76. The molecule has 23 heavy (non-hydrogen) atoms. The normalized spacial score (nSPS) is 11.2. The van der Waals surface area contributed by atoms with Crippen molar-refractivity contribution in [3.05, 3.63) is 90.8 Å². The third kappa shape index (κ3) is 2.56. The molecule has 2 nitrogen and oxygen atoms in total. The summed E-state index contributed by atoms with van der Waals surface area (Å²) in [7, 11) is -0.629. The molecule has 3 heteroatoms. The Balaban J connectivity index is 2.00. The number of hydrogen-bond acceptors (Lipinski definition) is 1. The largest absolute Gasteiger partial charge is 0.299 e. The highest BCUT2D eigenvalue weighted by atomic mass is 31.1. The Hall–Kier alpha value is -2.44. The fourth-order valence-corrected chi connectivity index (χ4v) is 5.40. The average Bonchev–Trinajstić information content (AvgIpc) is 2.94. The van der Waals surface area contributed by atoms with Crippen LogP contribution in [-0.2, 0) is 0 Å². The minimum atomic E-state index is -0.629. The Kier molecular flexibility index (Phi) is 3.69. The molecular formula is C20H17N2P. The van der Waals surface area contributed by atoms with Gasteiger partial charge in [0.25, 0.3) is 0 Å². The second kappa shape index (κ2) is 5.98. The topological polar surface area (TPSA) is 17.3 Å². The van der Waals surface area contributed by atoms with Gasteiger partial charge in [-0.05, 0) is 29.7 Å². The fourth-order valence-electron chi connectivity index (χ4n) is 2.92. The van der Waals surface area contributed by atoms with E-state index in [0.717, 1.165) is 11.3 Å². The number of hydrogen-bond donors (Lipinski definition) is 0. The number of fused-ring (bicyclic) bond motifs is 1. The first-order chi connectivity index (χ1) is 11.3. The van der Waals surface area contributed by atoms with Gasteiger partial charge < -0.3 is 0 Å². The summed E-state index contributed by atoms with van der Waals surface area (Å²) >= 11 is 0. The second-order valence-corrected chi connectivity index (χ2v) is 7.58. The summed E-state index contributed by atoms with van der Waals surface area (Å²) in [4.78, 5) is 4.76. The fraction of sp³-hybridized carbons (Fsp3) is 0.0500. The Morgan fingerprint density at radius 1 is 0.739 bits per heavy atom. The third-order valence-corrected chi connectivity index (χ3v) is 6.50. The standard InChI is InChI=1S/C20H17N2P/c1-16-20(22-15-9-8-14-19(22)21-16)23(17-10-4-2-5-11-17)18-12-6-3-7-13-18/h2-15H,1H3. The van der Waals surface area contributed by atoms with Crippen molar-refractivity contribution < 1.29 is 0 Å². The van der Waals surface area contributed by atoms with Gasteiger partial charge in [-0.2, -0.15) is 0 Å². The molecule has 0 atom stereocenters. The van der Waals surface area contributed by atoms with E-state index in [1.165, 1.54) is 16.0 Å². The van der Waals surface area contributed by atoms with Crippen molar-refractivity contribution in [3.8, 4) is 0 Å². The number of benzene rings is 2. The van der Waals surface area contributed by atoms with Crippen LogP contribution in [0.15, 0.2) is 85.1 Å². The summed E-state index contributed by atoms with van der Waals surface area (Å²) < 4.78 is 2.24. The first-order valence-corrected chi connectivity index (χ1v) is 9.03. The molecule has 2 heterocycles. The highest BCUT2D eigenvalue weighted by molar-refractivity contribution is 7.79. The van der Waals surface area contributed by atoms with Crippen LogP contribution in [0.25, 0.3) is 5.65 Å². The first kappa shape index (κ1) is 14.2. The van der Waals surface area contributed by atoms with Crippen molar-refractivity contribution in [3.63, 3.8) is 0 Å². The molecule has 0 N–H and O–H groups in total. The van der Waals surface area contributed by atoms with Gasteiger partial charge >= 0.3 is 0 Å². The molecule has 112 valence electrons. The van der Waals surface area contributed by atoms with E-state index < -0.39 is 7.92 Å². The summed E-state index contributed by atoms with van der Waals surface area (Å²) in [5.41, 5.74) is 3.42. The van der Waals surface area contributed by atoms with Crippen LogP contribution in [-0.4, -0.2) is 9.38 Å². The molecule has 0 saturated carbocycles. The molecule has 0 unspecified atom stereocenters. The number of pyridine rings is 1. The molecule has 0 aliphatic carbocycles. The molecule has 2 aromatic heterocycles. The zero-order valence-corrected chi connectivity index (χ0v) is 13.8. The van der Waals surface area contributed by atoms with E-state index in [9.17, 15) is 0 Å². The van der Waals surface area contributed by atoms with Crippen LogP contribution in [0.5, 0.6) is 0 Å². The Bertz CT molecular complexity index is 890. The summed E-state index contributed by atoms with van der Waals surface area (Å²) in [6, 6.07) is 27.7. The molecule has 0 aliphatic heterocycles. The van der Waals surface area contributed by atoms with E-state index >= 15 is 0 Å². The lowest BCUT2D eigenvalue weighted by molar-refractivity contribution is 1.22. The van der Waals surface area contributed by atoms with Gasteiger partial charge in [0.2, 0.25) is 0 Å². The number of nitrogens with zero attached hydrogens (tertiary/aromatic N) is 2. The first-order valence-electron chi connectivity index (χ1n) is 7.68. The van der Waals surface area contributed by atoms with Crippen LogP contribution >= 0.6 is 7.92 Å². The van der Waals surface area contributed by atoms with E-state index in [-0.39, 0.29) is 0 Å². The highest BCUT2D eigenvalue weighted by Gasteiger charge is 2.22. The zero-order chi connectivity index (χ0) is 15.6. The van der Waals surface area contributed by atoms with Crippen LogP contribution in [0.1, 0.15) is 5.69 Å². The van der Waals surface area contributed by atoms with E-state index in [2.05, 4.69) is 90.3 Å². The number of aromatic nitrogens is 2. The molecule has 2 aromatic carbocycles. The number of imidazole rings is 1. The molecule has 0 saturated heterocycles. The van der Waals surface area contributed by atoms with Crippen LogP contribution in [0.4, 0.5) is 0 Å². The molecule has 0 bridgehead atoms. The second-order valence-electron chi connectivity index (χ2n) is 5.46. The van der Waals surface area contributed by atoms with Gasteiger partial charge in [0.15, 0.2) is 0 Å². The predicted octanol–water partition coefficient (Wildman–Crippen LogP) is 3.40. The number of aryl methyl sites for hydroxylation is 1. The lowest BCUT2D eigenvalue weighted by Crippen LogP contribution is -2.25. The highest BCUT2D eigenvalue weighted by Crippen LogP contribution is 2.34. The summed E-state index contributed by atoms with van der Waals surface area (Å²) in [5, 5.41) is 2.70. The van der Waals surface area contributed by atoms with Crippen LogP contribution < -0.4 is 16.0 Å². The third-order valence-electron chi connectivity index (χ3n) is 3.91. The molecular weight excluding hydrogens is 299 g/mol. The SMILES string of the molecule is Cc1nc2ccccn2c1P(c1ccccc1)c1ccccc1. The van der Waals surface area contributed by atoms with Crippen molar-refractivity contribution in [1.82, 2.24) is 9.38 Å². The van der Waals surface area contributed by atoms with Crippen LogP contribution in [0, 0.1) is 6.92 Å². The molecule has 0 radical (unpaired) electrons. The molecule has 4 rings (SSSR count).